The molecule has 22 heavy (non-hydrogen) atoms. The third kappa shape index (κ3) is 7.81. The summed E-state index contributed by atoms with van der Waals surface area (Å²) < 4.78 is 10.3. The highest BCUT2D eigenvalue weighted by Crippen LogP contribution is 2.17. The van der Waals surface area contributed by atoms with E-state index in [1.807, 2.05) is 25.1 Å². The molecule has 0 aromatic heterocycles. The Morgan fingerprint density at radius 2 is 1.64 bits per heavy atom. The van der Waals surface area contributed by atoms with Gasteiger partial charge < -0.3 is 9.47 Å². The first-order valence-corrected chi connectivity index (χ1v) is 8.05. The van der Waals surface area contributed by atoms with Gasteiger partial charge in [0.25, 0.3) is 0 Å². The molecule has 0 heterocycles. The molecule has 0 fully saturated rings. The van der Waals surface area contributed by atoms with Crippen LogP contribution in [0.5, 0.6) is 5.75 Å². The fraction of sp³-hybridized carbons (Fsp3) is 0.556. The van der Waals surface area contributed by atoms with E-state index in [1.165, 1.54) is 19.3 Å². The number of hydrogen-bond acceptors (Lipinski definition) is 4. The third-order valence-corrected chi connectivity index (χ3v) is 3.36. The van der Waals surface area contributed by atoms with Crippen LogP contribution < -0.4 is 4.74 Å². The zero-order chi connectivity index (χ0) is 16.2. The summed E-state index contributed by atoms with van der Waals surface area (Å²) in [7, 11) is 0. The van der Waals surface area contributed by atoms with E-state index in [0.717, 1.165) is 18.4 Å². The van der Waals surface area contributed by atoms with E-state index < -0.39 is 5.97 Å². The van der Waals surface area contributed by atoms with Gasteiger partial charge in [-0.05, 0) is 25.0 Å². The SMILES string of the molecule is CCCCCCCOC(=O)CCC(=O)Oc1ccccc1C. The normalized spacial score (nSPS) is 10.3. The minimum Gasteiger partial charge on any atom is -0.466 e. The lowest BCUT2D eigenvalue weighted by molar-refractivity contribution is -0.147. The highest BCUT2D eigenvalue weighted by atomic mass is 16.5. The predicted octanol–water partition coefficient (Wildman–Crippen LogP) is 4.19. The highest BCUT2D eigenvalue weighted by molar-refractivity contribution is 5.79. The van der Waals surface area contributed by atoms with Crippen LogP contribution in [0.25, 0.3) is 0 Å². The number of aryl methyl sites for hydroxylation is 1. The Labute approximate surface area is 132 Å². The van der Waals surface area contributed by atoms with Crippen molar-refractivity contribution in [3.8, 4) is 5.75 Å². The van der Waals surface area contributed by atoms with Gasteiger partial charge in [0.1, 0.15) is 5.75 Å². The highest BCUT2D eigenvalue weighted by Gasteiger charge is 2.11. The van der Waals surface area contributed by atoms with E-state index in [4.69, 9.17) is 9.47 Å². The van der Waals surface area contributed by atoms with Crippen LogP contribution in [0.1, 0.15) is 57.4 Å². The quantitative estimate of drug-likeness (QED) is 0.369. The Balaban J connectivity index is 2.13. The fourth-order valence-corrected chi connectivity index (χ4v) is 2.01. The van der Waals surface area contributed by atoms with E-state index in [9.17, 15) is 9.59 Å². The van der Waals surface area contributed by atoms with Crippen molar-refractivity contribution in [1.82, 2.24) is 0 Å². The molecule has 0 atom stereocenters. The summed E-state index contributed by atoms with van der Waals surface area (Å²) in [6.07, 6.45) is 5.68. The minimum absolute atomic E-state index is 0.0446. The van der Waals surface area contributed by atoms with E-state index in [-0.39, 0.29) is 18.8 Å². The number of hydrogen-bond donors (Lipinski definition) is 0. The van der Waals surface area contributed by atoms with Crippen LogP contribution in [0.2, 0.25) is 0 Å². The van der Waals surface area contributed by atoms with Gasteiger partial charge in [0.2, 0.25) is 0 Å². The van der Waals surface area contributed by atoms with E-state index in [1.54, 1.807) is 6.07 Å². The number of carbonyl (C=O) groups excluding carboxylic acids is 2. The molecule has 0 aliphatic rings. The maximum absolute atomic E-state index is 11.7. The Morgan fingerprint density at radius 3 is 2.36 bits per heavy atom. The average Bonchev–Trinajstić information content (AvgIpc) is 2.51. The molecule has 1 rings (SSSR count). The number of unbranched alkanes of at least 4 members (excludes halogenated alkanes) is 4. The second kappa shape index (κ2) is 10.8. The Morgan fingerprint density at radius 1 is 0.955 bits per heavy atom. The maximum Gasteiger partial charge on any atom is 0.311 e. The smallest absolute Gasteiger partial charge is 0.311 e. The Kier molecular flexibility index (Phi) is 8.96. The molecule has 0 spiro atoms. The molecule has 1 aromatic carbocycles. The summed E-state index contributed by atoms with van der Waals surface area (Å²) in [5.74, 6) is -0.205. The monoisotopic (exact) mass is 306 g/mol. The number of carbonyl (C=O) groups is 2. The van der Waals surface area contributed by atoms with Crippen molar-refractivity contribution in [3.63, 3.8) is 0 Å². The van der Waals surface area contributed by atoms with Crippen molar-refractivity contribution in [2.75, 3.05) is 6.61 Å². The molecule has 0 unspecified atom stereocenters. The summed E-state index contributed by atoms with van der Waals surface area (Å²) in [5.41, 5.74) is 0.894. The first kappa shape index (κ1) is 18.2. The number of esters is 2. The van der Waals surface area contributed by atoms with Gasteiger partial charge in [0, 0.05) is 0 Å². The molecule has 0 N–H and O–H groups in total. The van der Waals surface area contributed by atoms with Crippen LogP contribution in [0, 0.1) is 6.92 Å². The number of para-hydroxylation sites is 1. The molecule has 0 radical (unpaired) electrons. The summed E-state index contributed by atoms with van der Waals surface area (Å²) in [4.78, 5) is 23.2. The van der Waals surface area contributed by atoms with Crippen molar-refractivity contribution in [3.05, 3.63) is 29.8 Å². The molecule has 0 amide bonds. The summed E-state index contributed by atoms with van der Waals surface area (Å²) in [6, 6.07) is 7.30. The van der Waals surface area contributed by atoms with Crippen molar-refractivity contribution in [2.24, 2.45) is 0 Å². The number of rotatable bonds is 10. The largest absolute Gasteiger partial charge is 0.466 e. The van der Waals surface area contributed by atoms with E-state index in [2.05, 4.69) is 6.92 Å². The van der Waals surface area contributed by atoms with Crippen LogP contribution in [0.4, 0.5) is 0 Å². The zero-order valence-corrected chi connectivity index (χ0v) is 13.6. The van der Waals surface area contributed by atoms with Gasteiger partial charge in [0.05, 0.1) is 19.4 Å². The molecular weight excluding hydrogens is 280 g/mol. The van der Waals surface area contributed by atoms with Crippen LogP contribution in [-0.4, -0.2) is 18.5 Å². The van der Waals surface area contributed by atoms with Crippen LogP contribution in [0.3, 0.4) is 0 Å². The molecule has 122 valence electrons. The van der Waals surface area contributed by atoms with E-state index >= 15 is 0 Å². The second-order valence-corrected chi connectivity index (χ2v) is 5.37. The van der Waals surface area contributed by atoms with E-state index in [0.29, 0.717) is 12.4 Å². The molecule has 0 bridgehead atoms. The molecule has 0 aliphatic carbocycles. The lowest BCUT2D eigenvalue weighted by Crippen LogP contribution is -2.13. The van der Waals surface area contributed by atoms with Crippen molar-refractivity contribution in [1.29, 1.82) is 0 Å². The molecule has 0 aliphatic heterocycles. The van der Waals surface area contributed by atoms with Crippen molar-refractivity contribution < 1.29 is 19.1 Å². The van der Waals surface area contributed by atoms with Gasteiger partial charge in [-0.15, -0.1) is 0 Å². The predicted molar refractivity (Wildman–Crippen MR) is 85.8 cm³/mol. The maximum atomic E-state index is 11.7. The average molecular weight is 306 g/mol. The summed E-state index contributed by atoms with van der Waals surface area (Å²) in [5, 5.41) is 0. The molecule has 1 aromatic rings. The van der Waals surface area contributed by atoms with Crippen molar-refractivity contribution >= 4 is 11.9 Å². The second-order valence-electron chi connectivity index (χ2n) is 5.37. The standard InChI is InChI=1S/C18H26O4/c1-3-4-5-6-9-14-21-17(19)12-13-18(20)22-16-11-8-7-10-15(16)2/h7-8,10-11H,3-6,9,12-14H2,1-2H3. The third-order valence-electron chi connectivity index (χ3n) is 3.36. The summed E-state index contributed by atoms with van der Waals surface area (Å²) in [6.45, 7) is 4.47. The lowest BCUT2D eigenvalue weighted by atomic mass is 10.2. The lowest BCUT2D eigenvalue weighted by Gasteiger charge is -2.07. The van der Waals surface area contributed by atoms with Gasteiger partial charge >= 0.3 is 11.9 Å². The summed E-state index contributed by atoms with van der Waals surface area (Å²) >= 11 is 0. The first-order valence-electron chi connectivity index (χ1n) is 8.05. The molecule has 0 saturated heterocycles. The van der Waals surface area contributed by atoms with Crippen LogP contribution >= 0.6 is 0 Å². The van der Waals surface area contributed by atoms with Crippen molar-refractivity contribution in [2.45, 2.75) is 58.8 Å². The van der Waals surface area contributed by atoms with Crippen LogP contribution in [0.15, 0.2) is 24.3 Å². The Hall–Kier alpha value is -1.84. The van der Waals surface area contributed by atoms with Gasteiger partial charge in [-0.1, -0.05) is 50.8 Å². The van der Waals surface area contributed by atoms with Crippen LogP contribution in [-0.2, 0) is 14.3 Å². The Bertz CT molecular complexity index is 468. The fourth-order valence-electron chi connectivity index (χ4n) is 2.01. The van der Waals surface area contributed by atoms with Gasteiger partial charge in [-0.25, -0.2) is 0 Å². The molecule has 4 nitrogen and oxygen atoms in total. The topological polar surface area (TPSA) is 52.6 Å². The zero-order valence-electron chi connectivity index (χ0n) is 13.6. The first-order chi connectivity index (χ1) is 10.6. The minimum atomic E-state index is -0.408. The van der Waals surface area contributed by atoms with Gasteiger partial charge in [-0.2, -0.15) is 0 Å². The molecular formula is C18H26O4. The number of ether oxygens (including phenoxy) is 2. The van der Waals surface area contributed by atoms with Gasteiger partial charge in [0.15, 0.2) is 0 Å². The van der Waals surface area contributed by atoms with Gasteiger partial charge in [-0.3, -0.25) is 9.59 Å². The number of benzene rings is 1. The molecule has 0 saturated carbocycles. The molecule has 4 heteroatoms.